The molecule has 5 heteroatoms. The van der Waals surface area contributed by atoms with Crippen molar-refractivity contribution in [1.29, 1.82) is 0 Å². The van der Waals surface area contributed by atoms with Gasteiger partial charge in [0.05, 0.1) is 12.1 Å². The molecule has 108 valence electrons. The first-order valence-corrected chi connectivity index (χ1v) is 6.80. The molecule has 1 heterocycles. The average molecular weight is 275 g/mol. The molecule has 0 bridgehead atoms. The van der Waals surface area contributed by atoms with Gasteiger partial charge in [-0.15, -0.1) is 0 Å². The fraction of sp³-hybridized carbons (Fsp3) is 0.467. The van der Waals surface area contributed by atoms with E-state index in [1.807, 2.05) is 45.0 Å². The predicted molar refractivity (Wildman–Crippen MR) is 78.5 cm³/mol. The van der Waals surface area contributed by atoms with E-state index in [1.165, 1.54) is 0 Å². The highest BCUT2D eigenvalue weighted by molar-refractivity contribution is 5.96. The Balaban J connectivity index is 1.98. The van der Waals surface area contributed by atoms with E-state index in [0.29, 0.717) is 13.1 Å². The van der Waals surface area contributed by atoms with Crippen LogP contribution in [0, 0.1) is 6.92 Å². The van der Waals surface area contributed by atoms with Crippen molar-refractivity contribution in [2.45, 2.75) is 26.3 Å². The molecule has 0 unspecified atom stereocenters. The summed E-state index contributed by atoms with van der Waals surface area (Å²) in [6.07, 6.45) is 0. The number of rotatable bonds is 3. The Labute approximate surface area is 119 Å². The van der Waals surface area contributed by atoms with E-state index in [0.717, 1.165) is 11.3 Å². The maximum Gasteiger partial charge on any atom is 0.244 e. The molecule has 1 aliphatic heterocycles. The lowest BCUT2D eigenvalue weighted by atomic mass is 10.0. The number of piperazine rings is 1. The molecular formula is C15H21N3O2. The number of benzene rings is 1. The topological polar surface area (TPSA) is 61.4 Å². The van der Waals surface area contributed by atoms with Gasteiger partial charge >= 0.3 is 0 Å². The van der Waals surface area contributed by atoms with E-state index in [9.17, 15) is 9.59 Å². The highest BCUT2D eigenvalue weighted by Gasteiger charge is 2.35. The quantitative estimate of drug-likeness (QED) is 0.869. The zero-order valence-corrected chi connectivity index (χ0v) is 12.2. The first kappa shape index (κ1) is 14.5. The molecule has 20 heavy (non-hydrogen) atoms. The number of carbonyl (C=O) groups excluding carboxylic acids is 2. The Kier molecular flexibility index (Phi) is 4.09. The fourth-order valence-corrected chi connectivity index (χ4v) is 2.30. The summed E-state index contributed by atoms with van der Waals surface area (Å²) in [5.41, 5.74) is 1.20. The monoisotopic (exact) mass is 275 g/mol. The normalized spacial score (nSPS) is 17.9. The summed E-state index contributed by atoms with van der Waals surface area (Å²) in [5.74, 6) is -0.200. The Morgan fingerprint density at radius 3 is 2.80 bits per heavy atom. The third-order valence-electron chi connectivity index (χ3n) is 3.52. The second-order valence-electron chi connectivity index (χ2n) is 5.64. The zero-order chi connectivity index (χ0) is 14.8. The summed E-state index contributed by atoms with van der Waals surface area (Å²) in [5, 5.41) is 6.00. The number of hydrogen-bond donors (Lipinski definition) is 2. The number of nitrogens with one attached hydrogen (secondary N) is 2. The fourth-order valence-electron chi connectivity index (χ4n) is 2.30. The molecule has 2 amide bonds. The second-order valence-corrected chi connectivity index (χ2v) is 5.64. The van der Waals surface area contributed by atoms with Crippen molar-refractivity contribution in [3.63, 3.8) is 0 Å². The Bertz CT molecular complexity index is 526. The lowest BCUT2D eigenvalue weighted by molar-refractivity contribution is -0.142. The predicted octanol–water partition coefficient (Wildman–Crippen LogP) is 1.14. The van der Waals surface area contributed by atoms with Crippen LogP contribution in [0.5, 0.6) is 0 Å². The van der Waals surface area contributed by atoms with Crippen LogP contribution >= 0.6 is 0 Å². The average Bonchev–Trinajstić information content (AvgIpc) is 2.38. The third kappa shape index (κ3) is 3.17. The molecule has 1 fully saturated rings. The number of carbonyl (C=O) groups is 2. The number of aryl methyl sites for hydroxylation is 1. The lowest BCUT2D eigenvalue weighted by Crippen LogP contribution is -2.62. The van der Waals surface area contributed by atoms with Crippen molar-refractivity contribution in [2.24, 2.45) is 0 Å². The van der Waals surface area contributed by atoms with E-state index in [4.69, 9.17) is 0 Å². The minimum absolute atomic E-state index is 0.0383. The number of para-hydroxylation sites is 1. The molecule has 0 aromatic heterocycles. The van der Waals surface area contributed by atoms with Gasteiger partial charge in [0.15, 0.2) is 0 Å². The molecule has 0 aliphatic carbocycles. The van der Waals surface area contributed by atoms with Crippen molar-refractivity contribution in [3.05, 3.63) is 29.8 Å². The molecule has 1 aromatic carbocycles. The minimum Gasteiger partial charge on any atom is -0.331 e. The first-order chi connectivity index (χ1) is 9.40. The highest BCUT2D eigenvalue weighted by Crippen LogP contribution is 2.15. The number of amides is 2. The third-order valence-corrected chi connectivity index (χ3v) is 3.52. The van der Waals surface area contributed by atoms with Crippen molar-refractivity contribution in [2.75, 3.05) is 25.0 Å². The molecule has 2 rings (SSSR count). The second kappa shape index (κ2) is 5.63. The summed E-state index contributed by atoms with van der Waals surface area (Å²) < 4.78 is 0. The van der Waals surface area contributed by atoms with Crippen molar-refractivity contribution in [3.8, 4) is 0 Å². The van der Waals surface area contributed by atoms with Gasteiger partial charge in [-0.1, -0.05) is 18.2 Å². The SMILES string of the molecule is Cc1ccccc1NC(=O)CN1CCNC(C)(C)C1=O. The maximum atomic E-state index is 12.2. The van der Waals surface area contributed by atoms with Crippen LogP contribution in [0.3, 0.4) is 0 Å². The number of nitrogens with zero attached hydrogens (tertiary/aromatic N) is 1. The summed E-state index contributed by atoms with van der Waals surface area (Å²) in [4.78, 5) is 25.9. The first-order valence-electron chi connectivity index (χ1n) is 6.80. The van der Waals surface area contributed by atoms with Gasteiger partial charge in [-0.3, -0.25) is 9.59 Å². The summed E-state index contributed by atoms with van der Waals surface area (Å²) >= 11 is 0. The lowest BCUT2D eigenvalue weighted by Gasteiger charge is -2.37. The highest BCUT2D eigenvalue weighted by atomic mass is 16.2. The molecule has 0 saturated carbocycles. The Morgan fingerprint density at radius 1 is 1.40 bits per heavy atom. The van der Waals surface area contributed by atoms with Crippen LogP contribution in [0.25, 0.3) is 0 Å². The van der Waals surface area contributed by atoms with E-state index in [1.54, 1.807) is 4.90 Å². The van der Waals surface area contributed by atoms with Crippen molar-refractivity contribution >= 4 is 17.5 Å². The largest absolute Gasteiger partial charge is 0.331 e. The van der Waals surface area contributed by atoms with E-state index in [-0.39, 0.29) is 18.4 Å². The van der Waals surface area contributed by atoms with Gasteiger partial charge < -0.3 is 15.5 Å². The van der Waals surface area contributed by atoms with Crippen LogP contribution in [0.15, 0.2) is 24.3 Å². The van der Waals surface area contributed by atoms with Gasteiger partial charge in [0, 0.05) is 18.8 Å². The minimum atomic E-state index is -0.596. The van der Waals surface area contributed by atoms with Gasteiger partial charge in [-0.05, 0) is 32.4 Å². The van der Waals surface area contributed by atoms with Gasteiger partial charge in [0.1, 0.15) is 0 Å². The van der Waals surface area contributed by atoms with Gasteiger partial charge in [0.25, 0.3) is 0 Å². The number of anilines is 1. The van der Waals surface area contributed by atoms with E-state index < -0.39 is 5.54 Å². The van der Waals surface area contributed by atoms with Gasteiger partial charge in [-0.2, -0.15) is 0 Å². The Hall–Kier alpha value is -1.88. The Morgan fingerprint density at radius 2 is 2.10 bits per heavy atom. The van der Waals surface area contributed by atoms with Crippen molar-refractivity contribution in [1.82, 2.24) is 10.2 Å². The summed E-state index contributed by atoms with van der Waals surface area (Å²) in [6.45, 7) is 6.97. The zero-order valence-electron chi connectivity index (χ0n) is 12.2. The van der Waals surface area contributed by atoms with Crippen molar-refractivity contribution < 1.29 is 9.59 Å². The van der Waals surface area contributed by atoms with Crippen LogP contribution in [-0.4, -0.2) is 41.9 Å². The van der Waals surface area contributed by atoms with Crippen LogP contribution in [-0.2, 0) is 9.59 Å². The van der Waals surface area contributed by atoms with Crippen LogP contribution in [0.1, 0.15) is 19.4 Å². The molecule has 0 spiro atoms. The number of hydrogen-bond acceptors (Lipinski definition) is 3. The van der Waals surface area contributed by atoms with Gasteiger partial charge in [-0.25, -0.2) is 0 Å². The molecule has 5 nitrogen and oxygen atoms in total. The molecule has 1 aliphatic rings. The maximum absolute atomic E-state index is 12.2. The van der Waals surface area contributed by atoms with Crippen LogP contribution in [0.2, 0.25) is 0 Å². The summed E-state index contributed by atoms with van der Waals surface area (Å²) in [6, 6.07) is 7.60. The molecule has 0 radical (unpaired) electrons. The molecular weight excluding hydrogens is 254 g/mol. The molecule has 1 aromatic rings. The molecule has 1 saturated heterocycles. The molecule has 0 atom stereocenters. The smallest absolute Gasteiger partial charge is 0.244 e. The van der Waals surface area contributed by atoms with E-state index >= 15 is 0 Å². The van der Waals surface area contributed by atoms with Crippen LogP contribution < -0.4 is 10.6 Å². The van der Waals surface area contributed by atoms with E-state index in [2.05, 4.69) is 10.6 Å². The standard InChI is InChI=1S/C15H21N3O2/c1-11-6-4-5-7-12(11)17-13(19)10-18-9-8-16-15(2,3)14(18)20/h4-7,16H,8-10H2,1-3H3,(H,17,19). The van der Waals surface area contributed by atoms with Crippen LogP contribution in [0.4, 0.5) is 5.69 Å². The molecule has 2 N–H and O–H groups in total. The van der Waals surface area contributed by atoms with Gasteiger partial charge in [0.2, 0.25) is 11.8 Å². The summed E-state index contributed by atoms with van der Waals surface area (Å²) in [7, 11) is 0.